The molecule has 1 atom stereocenters. The minimum Gasteiger partial charge on any atom is -0.313 e. The van der Waals surface area contributed by atoms with Gasteiger partial charge in [0.1, 0.15) is 5.82 Å². The quantitative estimate of drug-likeness (QED) is 0.716. The van der Waals surface area contributed by atoms with Crippen molar-refractivity contribution in [3.63, 3.8) is 0 Å². The second-order valence-electron chi connectivity index (χ2n) is 5.77. The minimum absolute atomic E-state index is 0.174. The summed E-state index contributed by atoms with van der Waals surface area (Å²) >= 11 is 0. The molecule has 0 bridgehead atoms. The topological polar surface area (TPSA) is 18.5 Å². The van der Waals surface area contributed by atoms with Gasteiger partial charge in [-0.05, 0) is 77.9 Å². The highest BCUT2D eigenvalue weighted by Crippen LogP contribution is 2.17. The highest BCUT2D eigenvalue weighted by Gasteiger charge is 2.11. The van der Waals surface area contributed by atoms with Crippen LogP contribution in [0.3, 0.4) is 0 Å². The van der Waals surface area contributed by atoms with E-state index in [0.717, 1.165) is 38.2 Å². The van der Waals surface area contributed by atoms with Gasteiger partial charge in [-0.3, -0.25) is 0 Å². The van der Waals surface area contributed by atoms with Crippen LogP contribution in [0.1, 0.15) is 31.4 Å². The summed E-state index contributed by atoms with van der Waals surface area (Å²) in [6, 6.07) is 7.11. The monoisotopic (exact) mass is 295 g/mol. The van der Waals surface area contributed by atoms with Crippen LogP contribution in [0.4, 0.5) is 4.39 Å². The van der Waals surface area contributed by atoms with Crippen LogP contribution in [0.15, 0.2) is 24.3 Å². The van der Waals surface area contributed by atoms with Gasteiger partial charge in [-0.25, -0.2) is 4.39 Å². The van der Waals surface area contributed by atoms with Gasteiger partial charge in [0.2, 0.25) is 0 Å². The minimum atomic E-state index is -0.174. The smallest absolute Gasteiger partial charge is 0.123 e. The lowest BCUT2D eigenvalue weighted by molar-refractivity contribution is 0.253. The summed E-state index contributed by atoms with van der Waals surface area (Å²) in [6.45, 7) is 6.61. The van der Waals surface area contributed by atoms with E-state index >= 15 is 0 Å². The molecule has 0 saturated heterocycles. The van der Waals surface area contributed by atoms with Crippen molar-refractivity contribution in [2.45, 2.75) is 25.8 Å². The summed E-state index contributed by atoms with van der Waals surface area (Å²) in [5.74, 6) is -0.174. The predicted octanol–water partition coefficient (Wildman–Crippen LogP) is 2.75. The van der Waals surface area contributed by atoms with Gasteiger partial charge in [-0.2, -0.15) is 0 Å². The van der Waals surface area contributed by atoms with Crippen LogP contribution >= 0.6 is 0 Å². The van der Waals surface area contributed by atoms with Crippen molar-refractivity contribution in [3.8, 4) is 0 Å². The van der Waals surface area contributed by atoms with Crippen molar-refractivity contribution in [2.75, 3.05) is 47.3 Å². The Morgan fingerprint density at radius 1 is 1.10 bits per heavy atom. The van der Waals surface area contributed by atoms with Crippen LogP contribution in [-0.2, 0) is 0 Å². The Morgan fingerprint density at radius 3 is 2.29 bits per heavy atom. The van der Waals surface area contributed by atoms with Crippen molar-refractivity contribution in [1.82, 2.24) is 15.1 Å². The molecule has 21 heavy (non-hydrogen) atoms. The molecule has 1 rings (SSSR count). The van der Waals surface area contributed by atoms with E-state index in [9.17, 15) is 4.39 Å². The van der Waals surface area contributed by atoms with Crippen molar-refractivity contribution in [3.05, 3.63) is 35.6 Å². The predicted molar refractivity (Wildman–Crippen MR) is 88.1 cm³/mol. The molecule has 0 aliphatic rings. The zero-order chi connectivity index (χ0) is 15.7. The maximum absolute atomic E-state index is 13.0. The summed E-state index contributed by atoms with van der Waals surface area (Å²) in [5.41, 5.74) is 1.16. The van der Waals surface area contributed by atoms with Gasteiger partial charge in [-0.15, -0.1) is 0 Å². The first-order chi connectivity index (χ1) is 10.1. The van der Waals surface area contributed by atoms with Crippen LogP contribution in [0.2, 0.25) is 0 Å². The third kappa shape index (κ3) is 7.02. The molecule has 0 aromatic heterocycles. The molecular formula is C17H30FN3. The second kappa shape index (κ2) is 9.87. The highest BCUT2D eigenvalue weighted by atomic mass is 19.1. The molecule has 0 aliphatic carbocycles. The van der Waals surface area contributed by atoms with Gasteiger partial charge in [-0.1, -0.05) is 19.1 Å². The van der Waals surface area contributed by atoms with Crippen molar-refractivity contribution in [2.24, 2.45) is 0 Å². The first-order valence-electron chi connectivity index (χ1n) is 7.86. The molecule has 1 N–H and O–H groups in total. The number of rotatable bonds is 10. The second-order valence-corrected chi connectivity index (χ2v) is 5.77. The summed E-state index contributed by atoms with van der Waals surface area (Å²) in [6.07, 6.45) is 2.24. The Morgan fingerprint density at radius 2 is 1.76 bits per heavy atom. The molecule has 3 nitrogen and oxygen atoms in total. The van der Waals surface area contributed by atoms with Crippen LogP contribution < -0.4 is 5.32 Å². The molecule has 1 aromatic rings. The standard InChI is InChI=1S/C17H30FN3/c1-5-21(13-6-12-20(3)4)14-11-17(19-2)15-7-9-16(18)10-8-15/h7-10,17,19H,5-6,11-14H2,1-4H3. The Balaban J connectivity index is 2.43. The maximum Gasteiger partial charge on any atom is 0.123 e. The number of hydrogen-bond donors (Lipinski definition) is 1. The molecular weight excluding hydrogens is 265 g/mol. The van der Waals surface area contributed by atoms with Crippen molar-refractivity contribution in [1.29, 1.82) is 0 Å². The number of nitrogens with one attached hydrogen (secondary N) is 1. The lowest BCUT2D eigenvalue weighted by Gasteiger charge is -2.24. The van der Waals surface area contributed by atoms with E-state index in [1.807, 2.05) is 19.2 Å². The van der Waals surface area contributed by atoms with E-state index in [0.29, 0.717) is 0 Å². The van der Waals surface area contributed by atoms with Gasteiger partial charge in [0.25, 0.3) is 0 Å². The summed E-state index contributed by atoms with van der Waals surface area (Å²) in [5, 5.41) is 3.33. The van der Waals surface area contributed by atoms with Gasteiger partial charge >= 0.3 is 0 Å². The molecule has 1 unspecified atom stereocenters. The normalized spacial score (nSPS) is 13.1. The molecule has 120 valence electrons. The lowest BCUT2D eigenvalue weighted by atomic mass is 10.0. The first kappa shape index (κ1) is 18.1. The average Bonchev–Trinajstić information content (AvgIpc) is 2.47. The largest absolute Gasteiger partial charge is 0.313 e. The Bertz CT molecular complexity index is 378. The van der Waals surface area contributed by atoms with Crippen LogP contribution in [0, 0.1) is 5.82 Å². The fraction of sp³-hybridized carbons (Fsp3) is 0.647. The fourth-order valence-corrected chi connectivity index (χ4v) is 2.52. The first-order valence-corrected chi connectivity index (χ1v) is 7.86. The van der Waals surface area contributed by atoms with Gasteiger partial charge in [0, 0.05) is 6.04 Å². The maximum atomic E-state index is 13.0. The molecule has 0 heterocycles. The summed E-state index contributed by atoms with van der Waals surface area (Å²) in [4.78, 5) is 4.71. The van der Waals surface area contributed by atoms with E-state index in [2.05, 4.69) is 36.1 Å². The van der Waals surface area contributed by atoms with Crippen molar-refractivity contribution >= 4 is 0 Å². The van der Waals surface area contributed by atoms with Crippen LogP contribution in [0.25, 0.3) is 0 Å². The number of benzene rings is 1. The number of hydrogen-bond acceptors (Lipinski definition) is 3. The van der Waals surface area contributed by atoms with Crippen LogP contribution in [-0.4, -0.2) is 57.1 Å². The van der Waals surface area contributed by atoms with Gasteiger partial charge < -0.3 is 15.1 Å². The molecule has 1 aromatic carbocycles. The fourth-order valence-electron chi connectivity index (χ4n) is 2.52. The van der Waals surface area contributed by atoms with Crippen molar-refractivity contribution < 1.29 is 4.39 Å². The molecule has 0 radical (unpaired) electrons. The Hall–Kier alpha value is -0.970. The number of halogens is 1. The third-order valence-corrected chi connectivity index (χ3v) is 3.88. The number of nitrogens with zero attached hydrogens (tertiary/aromatic N) is 2. The van der Waals surface area contributed by atoms with Crippen LogP contribution in [0.5, 0.6) is 0 Å². The molecule has 0 saturated carbocycles. The molecule has 0 spiro atoms. The SMILES string of the molecule is CCN(CCCN(C)C)CCC(NC)c1ccc(F)cc1. The molecule has 0 amide bonds. The van der Waals surface area contributed by atoms with E-state index in [4.69, 9.17) is 0 Å². The summed E-state index contributed by atoms with van der Waals surface area (Å²) < 4.78 is 13.0. The summed E-state index contributed by atoms with van der Waals surface area (Å²) in [7, 11) is 6.19. The van der Waals surface area contributed by atoms with E-state index in [1.165, 1.54) is 18.6 Å². The molecule has 4 heteroatoms. The van der Waals surface area contributed by atoms with E-state index < -0.39 is 0 Å². The lowest BCUT2D eigenvalue weighted by Crippen LogP contribution is -2.30. The van der Waals surface area contributed by atoms with Gasteiger partial charge in [0.15, 0.2) is 0 Å². The third-order valence-electron chi connectivity index (χ3n) is 3.88. The zero-order valence-corrected chi connectivity index (χ0v) is 13.9. The van der Waals surface area contributed by atoms with Gasteiger partial charge in [0.05, 0.1) is 0 Å². The molecule has 0 fully saturated rings. The highest BCUT2D eigenvalue weighted by molar-refractivity contribution is 5.19. The zero-order valence-electron chi connectivity index (χ0n) is 13.9. The van der Waals surface area contributed by atoms with E-state index in [-0.39, 0.29) is 11.9 Å². The molecule has 0 aliphatic heterocycles. The Kier molecular flexibility index (Phi) is 8.50. The average molecular weight is 295 g/mol. The Labute approximate surface area is 129 Å². The van der Waals surface area contributed by atoms with E-state index in [1.54, 1.807) is 0 Å².